The summed E-state index contributed by atoms with van der Waals surface area (Å²) in [7, 11) is 0. The van der Waals surface area contributed by atoms with Crippen molar-refractivity contribution in [3.8, 4) is 0 Å². The van der Waals surface area contributed by atoms with E-state index in [9.17, 15) is 10.1 Å². The molecular weight excluding hydrogens is 220 g/mol. The van der Waals surface area contributed by atoms with Crippen molar-refractivity contribution in [2.24, 2.45) is 0 Å². The fraction of sp³-hybridized carbons (Fsp3) is 0.500. The van der Waals surface area contributed by atoms with Gasteiger partial charge in [0.05, 0.1) is 11.5 Å². The first kappa shape index (κ1) is 13.6. The zero-order valence-electron chi connectivity index (χ0n) is 10.2. The Morgan fingerprint density at radius 2 is 2.18 bits per heavy atom. The van der Waals surface area contributed by atoms with Crippen LogP contribution in [0, 0.1) is 10.1 Å². The van der Waals surface area contributed by atoms with E-state index < -0.39 is 0 Å². The summed E-state index contributed by atoms with van der Waals surface area (Å²) in [5, 5.41) is 14.1. The van der Waals surface area contributed by atoms with Crippen molar-refractivity contribution in [1.29, 1.82) is 0 Å². The molecule has 0 aliphatic heterocycles. The van der Waals surface area contributed by atoms with E-state index in [0.29, 0.717) is 25.3 Å². The molecule has 5 heteroatoms. The third-order valence-electron chi connectivity index (χ3n) is 2.50. The Bertz CT molecular complexity index is 369. The number of nitro groups is 1. The molecule has 1 atom stereocenters. The van der Waals surface area contributed by atoms with E-state index in [1.54, 1.807) is 12.1 Å². The van der Waals surface area contributed by atoms with Gasteiger partial charge in [0.2, 0.25) is 0 Å². The Morgan fingerprint density at radius 1 is 1.47 bits per heavy atom. The van der Waals surface area contributed by atoms with Crippen LogP contribution < -0.4 is 5.32 Å². The normalized spacial score (nSPS) is 12.4. The second-order valence-corrected chi connectivity index (χ2v) is 3.69. The highest BCUT2D eigenvalue weighted by atomic mass is 16.6. The van der Waals surface area contributed by atoms with E-state index in [2.05, 4.69) is 5.32 Å². The number of nitro benzene ring substituents is 1. The highest BCUT2D eigenvalue weighted by Gasteiger charge is 2.17. The number of hydrogen-bond donors (Lipinski definition) is 1. The third kappa shape index (κ3) is 4.13. The fourth-order valence-electron chi connectivity index (χ4n) is 1.62. The minimum atomic E-state index is -0.351. The van der Waals surface area contributed by atoms with E-state index in [0.717, 1.165) is 0 Å². The lowest BCUT2D eigenvalue weighted by molar-refractivity contribution is -0.385. The van der Waals surface area contributed by atoms with Crippen LogP contribution in [-0.4, -0.2) is 24.7 Å². The van der Waals surface area contributed by atoms with Crippen LogP contribution in [0.15, 0.2) is 24.3 Å². The SMILES string of the molecule is CCOCCNC(C)c1ccccc1[N+](=O)[O-]. The van der Waals surface area contributed by atoms with E-state index in [1.165, 1.54) is 6.07 Å². The van der Waals surface area contributed by atoms with Crippen molar-refractivity contribution in [2.75, 3.05) is 19.8 Å². The average Bonchev–Trinajstić information content (AvgIpc) is 2.34. The Hall–Kier alpha value is -1.46. The van der Waals surface area contributed by atoms with E-state index >= 15 is 0 Å². The van der Waals surface area contributed by atoms with Gasteiger partial charge >= 0.3 is 0 Å². The first-order chi connectivity index (χ1) is 8.16. The van der Waals surface area contributed by atoms with Gasteiger partial charge in [-0.1, -0.05) is 18.2 Å². The van der Waals surface area contributed by atoms with E-state index in [-0.39, 0.29) is 16.7 Å². The molecule has 0 amide bonds. The van der Waals surface area contributed by atoms with E-state index in [1.807, 2.05) is 19.9 Å². The summed E-state index contributed by atoms with van der Waals surface area (Å²) in [4.78, 5) is 10.5. The smallest absolute Gasteiger partial charge is 0.274 e. The van der Waals surface area contributed by atoms with Crippen molar-refractivity contribution in [3.63, 3.8) is 0 Å². The molecule has 0 fully saturated rings. The molecule has 1 aromatic carbocycles. The zero-order valence-corrected chi connectivity index (χ0v) is 10.2. The molecule has 1 aromatic rings. The van der Waals surface area contributed by atoms with Gasteiger partial charge in [-0.25, -0.2) is 0 Å². The maximum atomic E-state index is 10.9. The zero-order chi connectivity index (χ0) is 12.7. The van der Waals surface area contributed by atoms with Crippen LogP contribution in [0.2, 0.25) is 0 Å². The standard InChI is InChI=1S/C12H18N2O3/c1-3-17-9-8-13-10(2)11-6-4-5-7-12(11)14(15)16/h4-7,10,13H,3,8-9H2,1-2H3. The van der Waals surface area contributed by atoms with Gasteiger partial charge in [0.1, 0.15) is 0 Å². The van der Waals surface area contributed by atoms with Gasteiger partial charge in [-0.3, -0.25) is 10.1 Å². The summed E-state index contributed by atoms with van der Waals surface area (Å²) < 4.78 is 5.20. The van der Waals surface area contributed by atoms with Crippen molar-refractivity contribution >= 4 is 5.69 Å². The van der Waals surface area contributed by atoms with Gasteiger partial charge in [0, 0.05) is 30.8 Å². The average molecular weight is 238 g/mol. The van der Waals surface area contributed by atoms with Gasteiger partial charge < -0.3 is 10.1 Å². The molecule has 0 aliphatic rings. The summed E-state index contributed by atoms with van der Waals surface area (Å²) in [6.07, 6.45) is 0. The van der Waals surface area contributed by atoms with Crippen molar-refractivity contribution in [2.45, 2.75) is 19.9 Å². The molecule has 1 rings (SSSR count). The van der Waals surface area contributed by atoms with Crippen LogP contribution in [0.5, 0.6) is 0 Å². The Morgan fingerprint density at radius 3 is 2.82 bits per heavy atom. The molecule has 5 nitrogen and oxygen atoms in total. The molecule has 17 heavy (non-hydrogen) atoms. The second-order valence-electron chi connectivity index (χ2n) is 3.69. The predicted octanol–water partition coefficient (Wildman–Crippen LogP) is 2.28. The van der Waals surface area contributed by atoms with Crippen LogP contribution in [0.1, 0.15) is 25.5 Å². The quantitative estimate of drug-likeness (QED) is 0.449. The third-order valence-corrected chi connectivity index (χ3v) is 2.50. The second kappa shape index (κ2) is 6.98. The van der Waals surface area contributed by atoms with Crippen LogP contribution in [-0.2, 0) is 4.74 Å². The number of hydrogen-bond acceptors (Lipinski definition) is 4. The minimum absolute atomic E-state index is 0.0583. The summed E-state index contributed by atoms with van der Waals surface area (Å²) >= 11 is 0. The van der Waals surface area contributed by atoms with Crippen LogP contribution >= 0.6 is 0 Å². The predicted molar refractivity (Wildman–Crippen MR) is 66.0 cm³/mol. The lowest BCUT2D eigenvalue weighted by Gasteiger charge is -2.14. The molecule has 0 aromatic heterocycles. The van der Waals surface area contributed by atoms with Gasteiger partial charge in [0.15, 0.2) is 0 Å². The molecule has 1 N–H and O–H groups in total. The lowest BCUT2D eigenvalue weighted by atomic mass is 10.1. The number of nitrogens with zero attached hydrogens (tertiary/aromatic N) is 1. The highest BCUT2D eigenvalue weighted by molar-refractivity contribution is 5.41. The Balaban J connectivity index is 2.62. The van der Waals surface area contributed by atoms with Gasteiger partial charge in [-0.15, -0.1) is 0 Å². The number of nitrogens with one attached hydrogen (secondary N) is 1. The lowest BCUT2D eigenvalue weighted by Crippen LogP contribution is -2.23. The molecular formula is C12H18N2O3. The minimum Gasteiger partial charge on any atom is -0.380 e. The monoisotopic (exact) mass is 238 g/mol. The van der Waals surface area contributed by atoms with Crippen LogP contribution in [0.25, 0.3) is 0 Å². The summed E-state index contributed by atoms with van der Waals surface area (Å²) in [6, 6.07) is 6.72. The van der Waals surface area contributed by atoms with Crippen molar-refractivity contribution in [1.82, 2.24) is 5.32 Å². The largest absolute Gasteiger partial charge is 0.380 e. The number of rotatable bonds is 7. The summed E-state index contributed by atoms with van der Waals surface area (Å²) in [5.74, 6) is 0. The molecule has 0 bridgehead atoms. The highest BCUT2D eigenvalue weighted by Crippen LogP contribution is 2.23. The Kier molecular flexibility index (Phi) is 5.59. The maximum Gasteiger partial charge on any atom is 0.274 e. The molecule has 94 valence electrons. The molecule has 0 saturated carbocycles. The van der Waals surface area contributed by atoms with E-state index in [4.69, 9.17) is 4.74 Å². The molecule has 1 unspecified atom stereocenters. The number of para-hydroxylation sites is 1. The van der Waals surface area contributed by atoms with Crippen molar-refractivity contribution < 1.29 is 9.66 Å². The first-order valence-electron chi connectivity index (χ1n) is 5.71. The van der Waals surface area contributed by atoms with Gasteiger partial charge in [0.25, 0.3) is 5.69 Å². The molecule has 0 heterocycles. The molecule has 0 aliphatic carbocycles. The fourth-order valence-corrected chi connectivity index (χ4v) is 1.62. The van der Waals surface area contributed by atoms with Gasteiger partial charge in [-0.05, 0) is 13.8 Å². The molecule has 0 radical (unpaired) electrons. The summed E-state index contributed by atoms with van der Waals surface area (Å²) in [5.41, 5.74) is 0.859. The molecule has 0 spiro atoms. The maximum absolute atomic E-state index is 10.9. The van der Waals surface area contributed by atoms with Crippen LogP contribution in [0.3, 0.4) is 0 Å². The van der Waals surface area contributed by atoms with Gasteiger partial charge in [-0.2, -0.15) is 0 Å². The first-order valence-corrected chi connectivity index (χ1v) is 5.71. The number of benzene rings is 1. The molecule has 0 saturated heterocycles. The van der Waals surface area contributed by atoms with Crippen molar-refractivity contribution in [3.05, 3.63) is 39.9 Å². The topological polar surface area (TPSA) is 64.4 Å². The van der Waals surface area contributed by atoms with Crippen LogP contribution in [0.4, 0.5) is 5.69 Å². The number of ether oxygens (including phenoxy) is 1. The Labute approximate surface area is 101 Å². The summed E-state index contributed by atoms with van der Waals surface area (Å²) in [6.45, 7) is 5.82.